The Balaban J connectivity index is 1.37. The molecule has 2 atom stereocenters. The summed E-state index contributed by atoms with van der Waals surface area (Å²) in [6.07, 6.45) is 6.74. The zero-order chi connectivity index (χ0) is 24.3. The van der Waals surface area contributed by atoms with E-state index in [-0.39, 0.29) is 6.04 Å². The van der Waals surface area contributed by atoms with Gasteiger partial charge in [0.05, 0.1) is 10.6 Å². The maximum absolute atomic E-state index is 13.9. The fraction of sp³-hybridized carbons (Fsp3) is 0.400. The predicted octanol–water partition coefficient (Wildman–Crippen LogP) is 6.38. The maximum Gasteiger partial charge on any atom is 0.264 e. The van der Waals surface area contributed by atoms with Crippen molar-refractivity contribution in [2.45, 2.75) is 68.3 Å². The molecule has 2 aliphatic rings. The van der Waals surface area contributed by atoms with Gasteiger partial charge in [-0.05, 0) is 68.4 Å². The van der Waals surface area contributed by atoms with Crippen molar-refractivity contribution >= 4 is 15.7 Å². The lowest BCUT2D eigenvalue weighted by Gasteiger charge is -2.45. The van der Waals surface area contributed by atoms with Crippen molar-refractivity contribution in [1.29, 1.82) is 0 Å². The zero-order valence-electron chi connectivity index (χ0n) is 20.6. The molecule has 1 aliphatic heterocycles. The third-order valence-corrected chi connectivity index (χ3v) is 9.74. The molecule has 1 saturated heterocycles. The van der Waals surface area contributed by atoms with Gasteiger partial charge in [-0.3, -0.25) is 9.21 Å². The van der Waals surface area contributed by atoms with Gasteiger partial charge in [-0.15, -0.1) is 0 Å². The molecule has 1 saturated carbocycles. The molecule has 2 fully saturated rings. The summed E-state index contributed by atoms with van der Waals surface area (Å²) in [7, 11) is -3.65. The molecule has 0 N–H and O–H groups in total. The largest absolute Gasteiger partial charge is 0.300 e. The van der Waals surface area contributed by atoms with Gasteiger partial charge >= 0.3 is 0 Å². The number of aryl methyl sites for hydroxylation is 1. The van der Waals surface area contributed by atoms with Gasteiger partial charge in [0, 0.05) is 25.2 Å². The van der Waals surface area contributed by atoms with Gasteiger partial charge in [0.2, 0.25) is 0 Å². The summed E-state index contributed by atoms with van der Waals surface area (Å²) in [4.78, 5) is 3.01. The highest BCUT2D eigenvalue weighted by molar-refractivity contribution is 7.92. The highest BCUT2D eigenvalue weighted by atomic mass is 32.2. The molecule has 4 nitrogen and oxygen atoms in total. The van der Waals surface area contributed by atoms with Crippen molar-refractivity contribution in [2.24, 2.45) is 0 Å². The minimum absolute atomic E-state index is 0.0429. The third-order valence-electron chi connectivity index (χ3n) is 7.85. The smallest absolute Gasteiger partial charge is 0.264 e. The van der Waals surface area contributed by atoms with Gasteiger partial charge in [-0.2, -0.15) is 0 Å². The first-order valence-corrected chi connectivity index (χ1v) is 14.4. The highest BCUT2D eigenvalue weighted by Gasteiger charge is 2.38. The number of benzene rings is 3. The first-order chi connectivity index (χ1) is 17.0. The van der Waals surface area contributed by atoms with E-state index in [1.54, 1.807) is 16.4 Å². The molecule has 3 aromatic rings. The summed E-state index contributed by atoms with van der Waals surface area (Å²) in [5.41, 5.74) is 3.27. The Hall–Kier alpha value is -2.63. The highest BCUT2D eigenvalue weighted by Crippen LogP contribution is 2.38. The lowest BCUT2D eigenvalue weighted by atomic mass is 9.78. The van der Waals surface area contributed by atoms with Crippen LogP contribution in [0.5, 0.6) is 0 Å². The average molecular weight is 489 g/mol. The van der Waals surface area contributed by atoms with Crippen LogP contribution in [0.2, 0.25) is 0 Å². The van der Waals surface area contributed by atoms with Crippen LogP contribution in [-0.2, 0) is 10.0 Å². The van der Waals surface area contributed by atoms with Crippen LogP contribution < -0.4 is 4.31 Å². The molecule has 2 unspecified atom stereocenters. The van der Waals surface area contributed by atoms with Crippen molar-refractivity contribution in [3.8, 4) is 0 Å². The van der Waals surface area contributed by atoms with E-state index in [1.165, 1.54) is 31.2 Å². The van der Waals surface area contributed by atoms with E-state index in [4.69, 9.17) is 0 Å². The summed E-state index contributed by atoms with van der Waals surface area (Å²) in [5, 5.41) is 0. The number of hydrogen-bond donors (Lipinski definition) is 0. The van der Waals surface area contributed by atoms with Gasteiger partial charge in [0.15, 0.2) is 0 Å². The molecule has 1 aliphatic carbocycles. The quantitative estimate of drug-likeness (QED) is 0.404. The van der Waals surface area contributed by atoms with Crippen LogP contribution in [0.25, 0.3) is 0 Å². The van der Waals surface area contributed by atoms with Crippen LogP contribution in [-0.4, -0.2) is 38.5 Å². The van der Waals surface area contributed by atoms with E-state index in [1.807, 2.05) is 49.4 Å². The summed E-state index contributed by atoms with van der Waals surface area (Å²) in [5.74, 6) is 0.572. The molecule has 1 heterocycles. The summed E-state index contributed by atoms with van der Waals surface area (Å²) >= 11 is 0. The second-order valence-corrected chi connectivity index (χ2v) is 11.9. The van der Waals surface area contributed by atoms with Crippen LogP contribution >= 0.6 is 0 Å². The molecule has 0 bridgehead atoms. The second-order valence-electron chi connectivity index (χ2n) is 10.1. The van der Waals surface area contributed by atoms with Crippen LogP contribution in [0, 0.1) is 6.92 Å². The standard InChI is InChI=1S/C30H36N2O2S/c1-24-16-18-28(19-17-24)35(33,34)32(26-12-6-3-7-13-26)27-20-22-31(23-21-27)30-15-9-8-14-29(30)25-10-4-2-5-11-25/h2-7,10-13,16-19,27,29-30H,8-9,14-15,20-23H2,1H3. The van der Waals surface area contributed by atoms with Crippen molar-refractivity contribution in [2.75, 3.05) is 17.4 Å². The fourth-order valence-electron chi connectivity index (χ4n) is 6.03. The van der Waals surface area contributed by atoms with Gasteiger partial charge in [-0.1, -0.05) is 79.1 Å². The Morgan fingerprint density at radius 1 is 0.743 bits per heavy atom. The zero-order valence-corrected chi connectivity index (χ0v) is 21.4. The Kier molecular flexibility index (Phi) is 7.26. The van der Waals surface area contributed by atoms with E-state index >= 15 is 0 Å². The van der Waals surface area contributed by atoms with Crippen LogP contribution in [0.4, 0.5) is 5.69 Å². The van der Waals surface area contributed by atoms with E-state index in [0.717, 1.165) is 37.2 Å². The molecular weight excluding hydrogens is 452 g/mol. The summed E-state index contributed by atoms with van der Waals surface area (Å²) in [6, 6.07) is 28.3. The molecule has 0 spiro atoms. The first kappa shape index (κ1) is 24.1. The Bertz CT molecular complexity index is 1190. The second kappa shape index (κ2) is 10.5. The van der Waals surface area contributed by atoms with Crippen molar-refractivity contribution in [3.05, 3.63) is 96.1 Å². The minimum Gasteiger partial charge on any atom is -0.300 e. The number of anilines is 1. The normalized spacial score (nSPS) is 22.1. The molecule has 184 valence electrons. The molecule has 3 aromatic carbocycles. The van der Waals surface area contributed by atoms with Crippen LogP contribution in [0.15, 0.2) is 89.8 Å². The van der Waals surface area contributed by atoms with E-state index in [0.29, 0.717) is 16.9 Å². The Morgan fingerprint density at radius 3 is 2.00 bits per heavy atom. The van der Waals surface area contributed by atoms with Gasteiger partial charge < -0.3 is 0 Å². The molecule has 5 rings (SSSR count). The Morgan fingerprint density at radius 2 is 1.34 bits per heavy atom. The fourth-order valence-corrected chi connectivity index (χ4v) is 7.74. The first-order valence-electron chi connectivity index (χ1n) is 13.0. The number of likely N-dealkylation sites (tertiary alicyclic amines) is 1. The maximum atomic E-state index is 13.9. The lowest BCUT2D eigenvalue weighted by molar-refractivity contribution is 0.107. The SMILES string of the molecule is Cc1ccc(S(=O)(=O)N(c2ccccc2)C2CCN(C3CCCCC3c3ccccc3)CC2)cc1. The Labute approximate surface area is 210 Å². The number of piperidine rings is 1. The molecule has 0 radical (unpaired) electrons. The van der Waals surface area contributed by atoms with Crippen molar-refractivity contribution < 1.29 is 8.42 Å². The molecular formula is C30H36N2O2S. The number of hydrogen-bond acceptors (Lipinski definition) is 3. The van der Waals surface area contributed by atoms with E-state index in [9.17, 15) is 8.42 Å². The van der Waals surface area contributed by atoms with Crippen LogP contribution in [0.3, 0.4) is 0 Å². The minimum atomic E-state index is -3.65. The molecule has 0 aromatic heterocycles. The van der Waals surface area contributed by atoms with Gasteiger partial charge in [0.1, 0.15) is 0 Å². The van der Waals surface area contributed by atoms with E-state index in [2.05, 4.69) is 35.2 Å². The number of sulfonamides is 1. The monoisotopic (exact) mass is 488 g/mol. The summed E-state index contributed by atoms with van der Waals surface area (Å²) < 4.78 is 29.5. The van der Waals surface area contributed by atoms with Crippen LogP contribution in [0.1, 0.15) is 55.6 Å². The molecule has 5 heteroatoms. The van der Waals surface area contributed by atoms with Gasteiger partial charge in [0.25, 0.3) is 10.0 Å². The molecule has 35 heavy (non-hydrogen) atoms. The topological polar surface area (TPSA) is 40.6 Å². The average Bonchev–Trinajstić information content (AvgIpc) is 2.90. The third kappa shape index (κ3) is 5.17. The van der Waals surface area contributed by atoms with E-state index < -0.39 is 10.0 Å². The number of para-hydroxylation sites is 1. The summed E-state index contributed by atoms with van der Waals surface area (Å²) in [6.45, 7) is 3.85. The lowest BCUT2D eigenvalue weighted by Crippen LogP contribution is -2.51. The predicted molar refractivity (Wildman–Crippen MR) is 143 cm³/mol. The number of nitrogens with zero attached hydrogens (tertiary/aromatic N) is 2. The van der Waals surface area contributed by atoms with Crippen molar-refractivity contribution in [1.82, 2.24) is 4.90 Å². The number of rotatable bonds is 6. The van der Waals surface area contributed by atoms with Gasteiger partial charge in [-0.25, -0.2) is 8.42 Å². The molecule has 0 amide bonds. The van der Waals surface area contributed by atoms with Crippen molar-refractivity contribution in [3.63, 3.8) is 0 Å².